The van der Waals surface area contributed by atoms with Gasteiger partial charge in [-0.15, -0.1) is 0 Å². The lowest BCUT2D eigenvalue weighted by Gasteiger charge is -2.28. The van der Waals surface area contributed by atoms with E-state index in [0.29, 0.717) is 23.6 Å². The van der Waals surface area contributed by atoms with Gasteiger partial charge in [-0.2, -0.15) is 0 Å². The summed E-state index contributed by atoms with van der Waals surface area (Å²) in [5.74, 6) is 1.49. The van der Waals surface area contributed by atoms with Crippen molar-refractivity contribution >= 4 is 17.4 Å². The molecule has 1 aromatic rings. The summed E-state index contributed by atoms with van der Waals surface area (Å²) in [6.45, 7) is 5.88. The average molecular weight is 299 g/mol. The van der Waals surface area contributed by atoms with Gasteiger partial charge in [-0.3, -0.25) is 4.90 Å². The molecule has 0 aromatic carbocycles. The first-order valence-electron chi connectivity index (χ1n) is 7.11. The third-order valence-electron chi connectivity index (χ3n) is 3.78. The number of rotatable bonds is 6. The van der Waals surface area contributed by atoms with Crippen LogP contribution in [0, 0.1) is 0 Å². The zero-order valence-electron chi connectivity index (χ0n) is 12.5. The Kier molecular flexibility index (Phi) is 5.57. The van der Waals surface area contributed by atoms with Gasteiger partial charge in [-0.1, -0.05) is 18.5 Å². The minimum Gasteiger partial charge on any atom is -0.377 e. The molecule has 0 saturated carbocycles. The summed E-state index contributed by atoms with van der Waals surface area (Å²) in [7, 11) is 3.69. The highest BCUT2D eigenvalue weighted by atomic mass is 35.5. The molecule has 1 unspecified atom stereocenters. The largest absolute Gasteiger partial charge is 0.377 e. The fourth-order valence-corrected chi connectivity index (χ4v) is 2.96. The van der Waals surface area contributed by atoms with Gasteiger partial charge in [0.25, 0.3) is 0 Å². The van der Waals surface area contributed by atoms with Gasteiger partial charge in [0.1, 0.15) is 17.6 Å². The van der Waals surface area contributed by atoms with Crippen LogP contribution in [0.4, 0.5) is 5.82 Å². The molecular formula is C14H23ClN4O. The molecule has 1 aromatic heterocycles. The second-order valence-corrected chi connectivity index (χ2v) is 5.59. The van der Waals surface area contributed by atoms with Crippen molar-refractivity contribution < 1.29 is 4.74 Å². The number of anilines is 1. The Labute approximate surface area is 125 Å². The van der Waals surface area contributed by atoms with E-state index in [9.17, 15) is 0 Å². The molecule has 6 heteroatoms. The van der Waals surface area contributed by atoms with E-state index in [1.54, 1.807) is 7.11 Å². The lowest BCUT2D eigenvalue weighted by molar-refractivity contribution is 0.178. The van der Waals surface area contributed by atoms with Gasteiger partial charge in [-0.05, 0) is 25.9 Å². The fraction of sp³-hybridized carbons (Fsp3) is 0.714. The predicted octanol–water partition coefficient (Wildman–Crippen LogP) is 2.20. The highest BCUT2D eigenvalue weighted by Gasteiger charge is 2.24. The van der Waals surface area contributed by atoms with Crippen LogP contribution in [0.3, 0.4) is 0 Å². The van der Waals surface area contributed by atoms with Gasteiger partial charge < -0.3 is 9.64 Å². The molecule has 1 fully saturated rings. The number of nitrogens with zero attached hydrogens (tertiary/aromatic N) is 4. The van der Waals surface area contributed by atoms with E-state index in [2.05, 4.69) is 33.7 Å². The van der Waals surface area contributed by atoms with Crippen molar-refractivity contribution in [3.63, 3.8) is 0 Å². The summed E-state index contributed by atoms with van der Waals surface area (Å²) in [5.41, 5.74) is 0. The predicted molar refractivity (Wildman–Crippen MR) is 81.3 cm³/mol. The van der Waals surface area contributed by atoms with Crippen LogP contribution in [-0.4, -0.2) is 54.7 Å². The molecule has 0 bridgehead atoms. The quantitative estimate of drug-likeness (QED) is 0.753. The van der Waals surface area contributed by atoms with E-state index in [4.69, 9.17) is 16.3 Å². The molecular weight excluding hydrogens is 276 g/mol. The summed E-state index contributed by atoms with van der Waals surface area (Å²) in [6.07, 6.45) is 2.54. The molecule has 5 nitrogen and oxygen atoms in total. The topological polar surface area (TPSA) is 41.5 Å². The van der Waals surface area contributed by atoms with Crippen molar-refractivity contribution in [2.75, 3.05) is 38.7 Å². The minimum atomic E-state index is 0.381. The van der Waals surface area contributed by atoms with E-state index in [-0.39, 0.29) is 0 Å². The first-order valence-corrected chi connectivity index (χ1v) is 7.49. The maximum atomic E-state index is 6.06. The van der Waals surface area contributed by atoms with E-state index in [0.717, 1.165) is 18.9 Å². The number of hydrogen-bond acceptors (Lipinski definition) is 5. The molecule has 0 radical (unpaired) electrons. The van der Waals surface area contributed by atoms with Gasteiger partial charge >= 0.3 is 0 Å². The monoisotopic (exact) mass is 298 g/mol. The smallest absolute Gasteiger partial charge is 0.158 e. The van der Waals surface area contributed by atoms with Crippen molar-refractivity contribution in [2.45, 2.75) is 32.4 Å². The third kappa shape index (κ3) is 3.81. The Morgan fingerprint density at radius 2 is 2.30 bits per heavy atom. The second-order valence-electron chi connectivity index (χ2n) is 5.20. The standard InChI is InChI=1S/C14H23ClN4O/c1-4-19-7-5-6-11(19)9-18(2)14-8-12(15)16-13(17-14)10-20-3/h8,11H,4-7,9-10H2,1-3H3. The van der Waals surface area contributed by atoms with Crippen molar-refractivity contribution in [1.82, 2.24) is 14.9 Å². The lowest BCUT2D eigenvalue weighted by atomic mass is 10.2. The van der Waals surface area contributed by atoms with E-state index >= 15 is 0 Å². The van der Waals surface area contributed by atoms with E-state index in [1.807, 2.05) is 6.07 Å². The Morgan fingerprint density at radius 1 is 1.50 bits per heavy atom. The SMILES string of the molecule is CCN1CCCC1CN(C)c1cc(Cl)nc(COC)n1. The number of likely N-dealkylation sites (tertiary alicyclic amines) is 1. The van der Waals surface area contributed by atoms with Gasteiger partial charge in [0, 0.05) is 32.8 Å². The summed E-state index contributed by atoms with van der Waals surface area (Å²) < 4.78 is 5.08. The van der Waals surface area contributed by atoms with Gasteiger partial charge in [-0.25, -0.2) is 9.97 Å². The second kappa shape index (κ2) is 7.20. The van der Waals surface area contributed by atoms with Crippen LogP contribution in [0.15, 0.2) is 6.07 Å². The molecule has 0 amide bonds. The molecule has 20 heavy (non-hydrogen) atoms. The van der Waals surface area contributed by atoms with Gasteiger partial charge in [0.15, 0.2) is 5.82 Å². The molecule has 2 heterocycles. The van der Waals surface area contributed by atoms with Crippen LogP contribution in [0.25, 0.3) is 0 Å². The van der Waals surface area contributed by atoms with Crippen LogP contribution in [0.5, 0.6) is 0 Å². The normalized spacial score (nSPS) is 19.5. The Morgan fingerprint density at radius 3 is 3.00 bits per heavy atom. The zero-order chi connectivity index (χ0) is 14.5. The Balaban J connectivity index is 2.06. The molecule has 112 valence electrons. The van der Waals surface area contributed by atoms with E-state index in [1.165, 1.54) is 19.4 Å². The van der Waals surface area contributed by atoms with Crippen molar-refractivity contribution in [1.29, 1.82) is 0 Å². The number of hydrogen-bond donors (Lipinski definition) is 0. The summed E-state index contributed by atoms with van der Waals surface area (Å²) in [6, 6.07) is 2.41. The molecule has 1 saturated heterocycles. The molecule has 1 aliphatic heterocycles. The van der Waals surface area contributed by atoms with Gasteiger partial charge in [0.05, 0.1) is 0 Å². The van der Waals surface area contributed by atoms with Crippen molar-refractivity contribution in [3.8, 4) is 0 Å². The fourth-order valence-electron chi connectivity index (χ4n) is 2.77. The van der Waals surface area contributed by atoms with Crippen LogP contribution in [-0.2, 0) is 11.3 Å². The highest BCUT2D eigenvalue weighted by Crippen LogP contribution is 2.21. The number of likely N-dealkylation sites (N-methyl/N-ethyl adjacent to an activating group) is 2. The van der Waals surface area contributed by atoms with Crippen LogP contribution < -0.4 is 4.90 Å². The first-order chi connectivity index (χ1) is 9.63. The van der Waals surface area contributed by atoms with Crippen LogP contribution in [0.2, 0.25) is 5.15 Å². The maximum Gasteiger partial charge on any atom is 0.158 e. The molecule has 0 spiro atoms. The number of halogens is 1. The Hall–Kier alpha value is -0.910. The number of ether oxygens (including phenoxy) is 1. The molecule has 1 aliphatic rings. The molecule has 0 N–H and O–H groups in total. The highest BCUT2D eigenvalue weighted by molar-refractivity contribution is 6.29. The van der Waals surface area contributed by atoms with Gasteiger partial charge in [0.2, 0.25) is 0 Å². The lowest BCUT2D eigenvalue weighted by Crippen LogP contribution is -2.39. The number of methoxy groups -OCH3 is 1. The minimum absolute atomic E-state index is 0.381. The maximum absolute atomic E-state index is 6.06. The van der Waals surface area contributed by atoms with Crippen LogP contribution in [0.1, 0.15) is 25.6 Å². The van der Waals surface area contributed by atoms with Crippen molar-refractivity contribution in [2.24, 2.45) is 0 Å². The molecule has 1 atom stereocenters. The first kappa shape index (κ1) is 15.5. The average Bonchev–Trinajstić information content (AvgIpc) is 2.85. The van der Waals surface area contributed by atoms with Crippen molar-refractivity contribution in [3.05, 3.63) is 17.0 Å². The van der Waals surface area contributed by atoms with Crippen LogP contribution >= 0.6 is 11.6 Å². The third-order valence-corrected chi connectivity index (χ3v) is 3.98. The van der Waals surface area contributed by atoms with E-state index < -0.39 is 0 Å². The molecule has 2 rings (SSSR count). The molecule has 0 aliphatic carbocycles. The zero-order valence-corrected chi connectivity index (χ0v) is 13.2. The summed E-state index contributed by atoms with van der Waals surface area (Å²) in [5, 5.41) is 0.465. The number of aromatic nitrogens is 2. The summed E-state index contributed by atoms with van der Waals surface area (Å²) in [4.78, 5) is 13.3. The summed E-state index contributed by atoms with van der Waals surface area (Å²) >= 11 is 6.06. The Bertz CT molecular complexity index is 443.